The highest BCUT2D eigenvalue weighted by Crippen LogP contribution is 2.26. The van der Waals surface area contributed by atoms with Crippen LogP contribution in [0, 0.1) is 35.0 Å². The van der Waals surface area contributed by atoms with Gasteiger partial charge in [0.05, 0.1) is 0 Å². The first-order chi connectivity index (χ1) is 9.75. The van der Waals surface area contributed by atoms with Gasteiger partial charge < -0.3 is 10.6 Å². The number of nitrogens with one attached hydrogen (secondary N) is 2. The topological polar surface area (TPSA) is 41.1 Å². The molecule has 0 atom stereocenters. The smallest absolute Gasteiger partial charge is 0.221 e. The Bertz CT molecular complexity index is 505. The van der Waals surface area contributed by atoms with Gasteiger partial charge in [-0.05, 0) is 5.92 Å². The highest BCUT2D eigenvalue weighted by molar-refractivity contribution is 5.76. The molecule has 0 fully saturated rings. The molecule has 0 aromatic heterocycles. The lowest BCUT2D eigenvalue weighted by Gasteiger charge is -2.11. The zero-order valence-corrected chi connectivity index (χ0v) is 11.5. The normalized spacial score (nSPS) is 10.9. The Balaban J connectivity index is 2.67. The van der Waals surface area contributed by atoms with Crippen LogP contribution in [0.5, 0.6) is 0 Å². The molecule has 2 N–H and O–H groups in total. The molecule has 0 aliphatic carbocycles. The second kappa shape index (κ2) is 7.24. The van der Waals surface area contributed by atoms with E-state index in [1.165, 1.54) is 0 Å². The zero-order chi connectivity index (χ0) is 16.2. The monoisotopic (exact) mass is 310 g/mol. The molecule has 1 amide bonds. The largest absolute Gasteiger partial charge is 0.380 e. The van der Waals surface area contributed by atoms with Crippen molar-refractivity contribution >= 4 is 11.6 Å². The minimum atomic E-state index is -2.22. The van der Waals surface area contributed by atoms with Crippen molar-refractivity contribution in [2.45, 2.75) is 20.3 Å². The van der Waals surface area contributed by atoms with E-state index in [0.717, 1.165) is 0 Å². The molecular formula is C13H15F5N2O. The molecule has 1 rings (SSSR count). The lowest BCUT2D eigenvalue weighted by Crippen LogP contribution is -2.29. The molecular weight excluding hydrogens is 295 g/mol. The molecule has 0 aliphatic rings. The summed E-state index contributed by atoms with van der Waals surface area (Å²) in [4.78, 5) is 11.3. The molecule has 1 aromatic carbocycles. The van der Waals surface area contributed by atoms with E-state index in [-0.39, 0.29) is 24.8 Å². The summed E-state index contributed by atoms with van der Waals surface area (Å²) >= 11 is 0. The summed E-state index contributed by atoms with van der Waals surface area (Å²) in [5.74, 6) is -10.3. The van der Waals surface area contributed by atoms with E-state index in [4.69, 9.17) is 0 Å². The van der Waals surface area contributed by atoms with E-state index in [0.29, 0.717) is 6.54 Å². The van der Waals surface area contributed by atoms with Crippen LogP contribution >= 0.6 is 0 Å². The van der Waals surface area contributed by atoms with Crippen LogP contribution in [0.4, 0.5) is 27.6 Å². The van der Waals surface area contributed by atoms with Crippen molar-refractivity contribution in [1.82, 2.24) is 5.32 Å². The fraction of sp³-hybridized carbons (Fsp3) is 0.462. The van der Waals surface area contributed by atoms with Gasteiger partial charge in [-0.15, -0.1) is 0 Å². The Morgan fingerprint density at radius 1 is 0.952 bits per heavy atom. The number of rotatable bonds is 6. The lowest BCUT2D eigenvalue weighted by atomic mass is 10.2. The second-order valence-corrected chi connectivity index (χ2v) is 4.82. The van der Waals surface area contributed by atoms with Crippen LogP contribution in [-0.2, 0) is 4.79 Å². The van der Waals surface area contributed by atoms with E-state index in [9.17, 15) is 26.7 Å². The van der Waals surface area contributed by atoms with Gasteiger partial charge in [0.25, 0.3) is 0 Å². The SMILES string of the molecule is CC(C)CNC(=O)CCNc1c(F)c(F)c(F)c(F)c1F. The molecule has 0 aliphatic heterocycles. The van der Waals surface area contributed by atoms with Crippen molar-refractivity contribution in [3.8, 4) is 0 Å². The van der Waals surface area contributed by atoms with Crippen LogP contribution in [-0.4, -0.2) is 19.0 Å². The number of anilines is 1. The van der Waals surface area contributed by atoms with E-state index in [1.54, 1.807) is 0 Å². The number of benzene rings is 1. The van der Waals surface area contributed by atoms with E-state index < -0.39 is 34.8 Å². The fourth-order valence-corrected chi connectivity index (χ4v) is 1.47. The van der Waals surface area contributed by atoms with E-state index >= 15 is 0 Å². The highest BCUT2D eigenvalue weighted by atomic mass is 19.2. The third kappa shape index (κ3) is 4.30. The molecule has 0 saturated heterocycles. The first-order valence-electron chi connectivity index (χ1n) is 6.27. The predicted molar refractivity (Wildman–Crippen MR) is 67.2 cm³/mol. The quantitative estimate of drug-likeness (QED) is 0.482. The van der Waals surface area contributed by atoms with Gasteiger partial charge in [-0.25, -0.2) is 22.0 Å². The molecule has 0 saturated carbocycles. The maximum atomic E-state index is 13.3. The van der Waals surface area contributed by atoms with Gasteiger partial charge in [0.15, 0.2) is 23.3 Å². The first kappa shape index (κ1) is 17.2. The highest BCUT2D eigenvalue weighted by Gasteiger charge is 2.25. The van der Waals surface area contributed by atoms with Crippen molar-refractivity contribution in [2.75, 3.05) is 18.4 Å². The molecule has 8 heteroatoms. The molecule has 0 radical (unpaired) electrons. The summed E-state index contributed by atoms with van der Waals surface area (Å²) in [5.41, 5.74) is -1.14. The summed E-state index contributed by atoms with van der Waals surface area (Å²) < 4.78 is 65.2. The van der Waals surface area contributed by atoms with Gasteiger partial charge in [-0.3, -0.25) is 4.79 Å². The van der Waals surface area contributed by atoms with Crippen molar-refractivity contribution < 1.29 is 26.7 Å². The van der Waals surface area contributed by atoms with Crippen LogP contribution in [0.1, 0.15) is 20.3 Å². The van der Waals surface area contributed by atoms with Crippen LogP contribution in [0.25, 0.3) is 0 Å². The Labute approximate surface area is 118 Å². The average Bonchev–Trinajstić information content (AvgIpc) is 2.44. The standard InChI is InChI=1S/C13H15F5N2O/c1-6(2)5-20-7(21)3-4-19-13-11(17)9(15)8(14)10(16)12(13)18/h6,19H,3-5H2,1-2H3,(H,20,21). The molecule has 21 heavy (non-hydrogen) atoms. The third-order valence-electron chi connectivity index (χ3n) is 2.57. The number of carbonyl (C=O) groups excluding carboxylic acids is 1. The van der Waals surface area contributed by atoms with Gasteiger partial charge >= 0.3 is 0 Å². The molecule has 3 nitrogen and oxygen atoms in total. The van der Waals surface area contributed by atoms with Crippen molar-refractivity contribution in [2.24, 2.45) is 5.92 Å². The van der Waals surface area contributed by atoms with Crippen molar-refractivity contribution in [1.29, 1.82) is 0 Å². The summed E-state index contributed by atoms with van der Waals surface area (Å²) in [5, 5.41) is 4.61. The molecule has 0 spiro atoms. The summed E-state index contributed by atoms with van der Waals surface area (Å²) in [7, 11) is 0. The van der Waals surface area contributed by atoms with Gasteiger partial charge in [-0.1, -0.05) is 13.8 Å². The average molecular weight is 310 g/mol. The number of hydrogen-bond acceptors (Lipinski definition) is 2. The van der Waals surface area contributed by atoms with Crippen molar-refractivity contribution in [3.05, 3.63) is 29.1 Å². The number of halogens is 5. The lowest BCUT2D eigenvalue weighted by molar-refractivity contribution is -0.120. The van der Waals surface area contributed by atoms with Crippen LogP contribution in [0.2, 0.25) is 0 Å². The summed E-state index contributed by atoms with van der Waals surface area (Å²) in [6.45, 7) is 3.93. The van der Waals surface area contributed by atoms with E-state index in [1.807, 2.05) is 13.8 Å². The Morgan fingerprint density at radius 2 is 1.43 bits per heavy atom. The minimum Gasteiger partial charge on any atom is -0.380 e. The van der Waals surface area contributed by atoms with Crippen LogP contribution in [0.15, 0.2) is 0 Å². The Kier molecular flexibility index (Phi) is 5.92. The Morgan fingerprint density at radius 3 is 1.90 bits per heavy atom. The van der Waals surface area contributed by atoms with E-state index in [2.05, 4.69) is 10.6 Å². The number of carbonyl (C=O) groups is 1. The zero-order valence-electron chi connectivity index (χ0n) is 11.5. The molecule has 118 valence electrons. The van der Waals surface area contributed by atoms with Crippen LogP contribution in [0.3, 0.4) is 0 Å². The van der Waals surface area contributed by atoms with Crippen molar-refractivity contribution in [3.63, 3.8) is 0 Å². The Hall–Kier alpha value is -1.86. The second-order valence-electron chi connectivity index (χ2n) is 4.82. The number of hydrogen-bond donors (Lipinski definition) is 2. The van der Waals surface area contributed by atoms with Gasteiger partial charge in [0.2, 0.25) is 11.7 Å². The number of amides is 1. The maximum Gasteiger partial charge on any atom is 0.221 e. The van der Waals surface area contributed by atoms with Gasteiger partial charge in [-0.2, -0.15) is 0 Å². The summed E-state index contributed by atoms with van der Waals surface area (Å²) in [6.07, 6.45) is -0.161. The van der Waals surface area contributed by atoms with Gasteiger partial charge in [0.1, 0.15) is 5.69 Å². The summed E-state index contributed by atoms with van der Waals surface area (Å²) in [6, 6.07) is 0. The fourth-order valence-electron chi connectivity index (χ4n) is 1.47. The molecule has 0 heterocycles. The minimum absolute atomic E-state index is 0.161. The third-order valence-corrected chi connectivity index (χ3v) is 2.57. The first-order valence-corrected chi connectivity index (χ1v) is 6.27. The van der Waals surface area contributed by atoms with Crippen LogP contribution < -0.4 is 10.6 Å². The predicted octanol–water partition coefficient (Wildman–Crippen LogP) is 2.96. The van der Waals surface area contributed by atoms with Gasteiger partial charge in [0, 0.05) is 19.5 Å². The molecule has 0 bridgehead atoms. The maximum absolute atomic E-state index is 13.3. The molecule has 0 unspecified atom stereocenters. The molecule has 1 aromatic rings.